The molecule has 2 aromatic carbocycles. The molecule has 0 aliphatic carbocycles. The molecule has 2 heterocycles. The molecule has 1 aliphatic rings. The summed E-state index contributed by atoms with van der Waals surface area (Å²) in [5.41, 5.74) is 4.78. The van der Waals surface area contributed by atoms with Gasteiger partial charge < -0.3 is 10.2 Å². The molecule has 0 radical (unpaired) electrons. The van der Waals surface area contributed by atoms with Crippen LogP contribution in [-0.4, -0.2) is 16.0 Å². The maximum Gasteiger partial charge on any atom is 0.232 e. The standard InChI is InChI=1S/C21H22N4/c1-15-12-20(22-14-17-8-4-3-5-9-17)24-21(23-15)25-16(2)13-18-10-6-7-11-19(18)25/h3-12,16H,13-14H2,1-2H3,(H,22,23,24). The molecule has 0 spiro atoms. The number of nitrogens with zero attached hydrogens (tertiary/aromatic N) is 3. The third-order valence-corrected chi connectivity index (χ3v) is 4.58. The highest BCUT2D eigenvalue weighted by molar-refractivity contribution is 5.67. The zero-order valence-corrected chi connectivity index (χ0v) is 14.6. The summed E-state index contributed by atoms with van der Waals surface area (Å²) in [4.78, 5) is 11.7. The smallest absolute Gasteiger partial charge is 0.232 e. The van der Waals surface area contributed by atoms with Gasteiger partial charge in [-0.05, 0) is 37.5 Å². The van der Waals surface area contributed by atoms with Crippen LogP contribution in [0, 0.1) is 6.92 Å². The van der Waals surface area contributed by atoms with Crippen molar-refractivity contribution in [2.75, 3.05) is 10.2 Å². The SMILES string of the molecule is Cc1cc(NCc2ccccc2)nc(N2c3ccccc3CC2C)n1. The molecule has 126 valence electrons. The van der Waals surface area contributed by atoms with Gasteiger partial charge in [0.1, 0.15) is 5.82 Å². The minimum atomic E-state index is 0.362. The highest BCUT2D eigenvalue weighted by atomic mass is 15.3. The van der Waals surface area contributed by atoms with E-state index in [1.54, 1.807) is 0 Å². The number of aryl methyl sites for hydroxylation is 1. The summed E-state index contributed by atoms with van der Waals surface area (Å²) in [7, 11) is 0. The quantitative estimate of drug-likeness (QED) is 0.766. The van der Waals surface area contributed by atoms with Crippen molar-refractivity contribution in [3.8, 4) is 0 Å². The van der Waals surface area contributed by atoms with Crippen molar-refractivity contribution in [3.05, 3.63) is 77.5 Å². The summed E-state index contributed by atoms with van der Waals surface area (Å²) in [6.45, 7) is 5.00. The van der Waals surface area contributed by atoms with Crippen LogP contribution in [0.1, 0.15) is 23.7 Å². The largest absolute Gasteiger partial charge is 0.366 e. The second-order valence-electron chi connectivity index (χ2n) is 6.59. The van der Waals surface area contributed by atoms with Gasteiger partial charge >= 0.3 is 0 Å². The van der Waals surface area contributed by atoms with Crippen molar-refractivity contribution < 1.29 is 0 Å². The summed E-state index contributed by atoms with van der Waals surface area (Å²) < 4.78 is 0. The third kappa shape index (κ3) is 3.20. The van der Waals surface area contributed by atoms with Gasteiger partial charge in [-0.1, -0.05) is 48.5 Å². The number of aromatic nitrogens is 2. The summed E-state index contributed by atoms with van der Waals surface area (Å²) in [5.74, 6) is 1.64. The Bertz CT molecular complexity index is 876. The van der Waals surface area contributed by atoms with Crippen LogP contribution in [-0.2, 0) is 13.0 Å². The van der Waals surface area contributed by atoms with Gasteiger partial charge in [-0.2, -0.15) is 4.98 Å². The first-order valence-electron chi connectivity index (χ1n) is 8.71. The van der Waals surface area contributed by atoms with Crippen molar-refractivity contribution in [1.29, 1.82) is 0 Å². The summed E-state index contributed by atoms with van der Waals surface area (Å²) in [6.07, 6.45) is 1.03. The summed E-state index contributed by atoms with van der Waals surface area (Å²) in [5, 5.41) is 3.43. The Morgan fingerprint density at radius 1 is 1.04 bits per heavy atom. The highest BCUT2D eigenvalue weighted by Crippen LogP contribution is 2.36. The van der Waals surface area contributed by atoms with Gasteiger partial charge in [-0.3, -0.25) is 0 Å². The van der Waals surface area contributed by atoms with E-state index in [4.69, 9.17) is 9.97 Å². The normalized spacial score (nSPS) is 15.9. The van der Waals surface area contributed by atoms with Gasteiger partial charge in [0.05, 0.1) is 0 Å². The molecule has 3 aromatic rings. The van der Waals surface area contributed by atoms with Crippen LogP contribution in [0.3, 0.4) is 0 Å². The number of anilines is 3. The van der Waals surface area contributed by atoms with Gasteiger partial charge in [-0.25, -0.2) is 4.98 Å². The van der Waals surface area contributed by atoms with Gasteiger partial charge in [0, 0.05) is 30.0 Å². The Kier molecular flexibility index (Phi) is 4.10. The lowest BCUT2D eigenvalue weighted by Crippen LogP contribution is -2.26. The van der Waals surface area contributed by atoms with Crippen LogP contribution in [0.2, 0.25) is 0 Å². The summed E-state index contributed by atoms with van der Waals surface area (Å²) in [6, 6.07) is 21.2. The number of rotatable bonds is 4. The molecule has 4 nitrogen and oxygen atoms in total. The van der Waals surface area contributed by atoms with Crippen molar-refractivity contribution in [3.63, 3.8) is 0 Å². The number of hydrogen-bond donors (Lipinski definition) is 1. The molecule has 1 N–H and O–H groups in total. The van der Waals surface area contributed by atoms with Crippen LogP contribution in [0.5, 0.6) is 0 Å². The average Bonchev–Trinajstić information content (AvgIpc) is 2.96. The van der Waals surface area contributed by atoms with Crippen molar-refractivity contribution >= 4 is 17.5 Å². The lowest BCUT2D eigenvalue weighted by molar-refractivity contribution is 0.738. The van der Waals surface area contributed by atoms with Gasteiger partial charge in [0.25, 0.3) is 0 Å². The number of hydrogen-bond acceptors (Lipinski definition) is 4. The average molecular weight is 330 g/mol. The predicted molar refractivity (Wildman–Crippen MR) is 102 cm³/mol. The minimum Gasteiger partial charge on any atom is -0.366 e. The Morgan fingerprint density at radius 3 is 2.64 bits per heavy atom. The van der Waals surface area contributed by atoms with Gasteiger partial charge in [0.2, 0.25) is 5.95 Å². The topological polar surface area (TPSA) is 41.1 Å². The van der Waals surface area contributed by atoms with Crippen molar-refractivity contribution in [2.45, 2.75) is 32.9 Å². The third-order valence-electron chi connectivity index (χ3n) is 4.58. The van der Waals surface area contributed by atoms with Gasteiger partial charge in [-0.15, -0.1) is 0 Å². The van der Waals surface area contributed by atoms with Crippen molar-refractivity contribution in [1.82, 2.24) is 9.97 Å². The molecular weight excluding hydrogens is 308 g/mol. The first-order valence-corrected chi connectivity index (χ1v) is 8.71. The van der Waals surface area contributed by atoms with E-state index in [0.717, 1.165) is 30.4 Å². The fraction of sp³-hybridized carbons (Fsp3) is 0.238. The first kappa shape index (κ1) is 15.6. The lowest BCUT2D eigenvalue weighted by Gasteiger charge is -2.23. The molecule has 1 unspecified atom stereocenters. The molecule has 1 aromatic heterocycles. The second-order valence-corrected chi connectivity index (χ2v) is 6.59. The molecular formula is C21H22N4. The minimum absolute atomic E-state index is 0.362. The highest BCUT2D eigenvalue weighted by Gasteiger charge is 2.28. The van der Waals surface area contributed by atoms with Crippen molar-refractivity contribution in [2.24, 2.45) is 0 Å². The van der Waals surface area contributed by atoms with Crippen LogP contribution in [0.25, 0.3) is 0 Å². The molecule has 25 heavy (non-hydrogen) atoms. The Hall–Kier alpha value is -2.88. The van der Waals surface area contributed by atoms with Crippen LogP contribution in [0.4, 0.5) is 17.5 Å². The predicted octanol–water partition coefficient (Wildman–Crippen LogP) is 4.48. The molecule has 0 amide bonds. The zero-order valence-electron chi connectivity index (χ0n) is 14.6. The Morgan fingerprint density at radius 2 is 1.80 bits per heavy atom. The summed E-state index contributed by atoms with van der Waals surface area (Å²) >= 11 is 0. The number of nitrogens with one attached hydrogen (secondary N) is 1. The molecule has 0 saturated carbocycles. The number of benzene rings is 2. The molecule has 0 saturated heterocycles. The van der Waals surface area contributed by atoms with E-state index in [9.17, 15) is 0 Å². The lowest BCUT2D eigenvalue weighted by atomic mass is 10.1. The van der Waals surface area contributed by atoms with E-state index in [1.165, 1.54) is 16.8 Å². The number of fused-ring (bicyclic) bond motifs is 1. The van der Waals surface area contributed by atoms with Crippen LogP contribution in [0.15, 0.2) is 60.7 Å². The Balaban J connectivity index is 1.62. The molecule has 4 heteroatoms. The van der Waals surface area contributed by atoms with E-state index in [1.807, 2.05) is 19.1 Å². The van der Waals surface area contributed by atoms with Crippen LogP contribution >= 0.6 is 0 Å². The van der Waals surface area contributed by atoms with E-state index in [0.29, 0.717) is 6.04 Å². The maximum absolute atomic E-state index is 4.78. The molecule has 4 rings (SSSR count). The van der Waals surface area contributed by atoms with Gasteiger partial charge in [0.15, 0.2) is 0 Å². The fourth-order valence-corrected chi connectivity index (χ4v) is 3.41. The molecule has 0 bridgehead atoms. The van der Waals surface area contributed by atoms with Crippen LogP contribution < -0.4 is 10.2 Å². The molecule has 1 atom stereocenters. The fourth-order valence-electron chi connectivity index (χ4n) is 3.41. The number of para-hydroxylation sites is 1. The monoisotopic (exact) mass is 330 g/mol. The van der Waals surface area contributed by atoms with E-state index in [-0.39, 0.29) is 0 Å². The Labute approximate surface area is 148 Å². The molecule has 1 aliphatic heterocycles. The maximum atomic E-state index is 4.78. The second kappa shape index (κ2) is 6.55. The zero-order chi connectivity index (χ0) is 17.2. The molecule has 0 fully saturated rings. The van der Waals surface area contributed by atoms with E-state index in [2.05, 4.69) is 65.7 Å². The van der Waals surface area contributed by atoms with E-state index >= 15 is 0 Å². The van der Waals surface area contributed by atoms with E-state index < -0.39 is 0 Å². The first-order chi connectivity index (χ1) is 12.2.